The number of unbranched alkanes of at least 4 members (excludes halogenated alkanes) is 2. The monoisotopic (exact) mass is 693 g/mol. The summed E-state index contributed by atoms with van der Waals surface area (Å²) in [4.78, 5) is 13.1. The van der Waals surface area contributed by atoms with Gasteiger partial charge in [0.2, 0.25) is 0 Å². The first-order chi connectivity index (χ1) is 24.8. The van der Waals surface area contributed by atoms with Gasteiger partial charge in [-0.15, -0.1) is 6.58 Å². The Bertz CT molecular complexity index is 1340. The van der Waals surface area contributed by atoms with E-state index in [1.54, 1.807) is 5.56 Å². The molecule has 3 aromatic carbocycles. The molecule has 1 nitrogen and oxygen atoms in total. The quantitative estimate of drug-likeness (QED) is 0.136. The Kier molecular flexibility index (Phi) is 21.8. The molecule has 0 N–H and O–H groups in total. The van der Waals surface area contributed by atoms with E-state index in [2.05, 4.69) is 101 Å². The van der Waals surface area contributed by atoms with Crippen molar-refractivity contribution in [3.05, 3.63) is 118 Å². The lowest BCUT2D eigenvalue weighted by Crippen LogP contribution is -2.41. The van der Waals surface area contributed by atoms with Crippen molar-refractivity contribution >= 4 is 5.78 Å². The topological polar surface area (TPSA) is 17.1 Å². The fraction of sp³-hybridized carbons (Fsp3) is 0.580. The molecule has 3 aromatic rings. The fourth-order valence-electron chi connectivity index (χ4n) is 8.86. The predicted molar refractivity (Wildman–Crippen MR) is 226 cm³/mol. The number of Topliss-reactive ketones (excluding diaryl/α,β-unsaturated/α-hetero) is 1. The van der Waals surface area contributed by atoms with E-state index >= 15 is 0 Å². The molecule has 0 aromatic heterocycles. The van der Waals surface area contributed by atoms with Crippen LogP contribution in [0.25, 0.3) is 0 Å². The van der Waals surface area contributed by atoms with Gasteiger partial charge in [-0.25, -0.2) is 0 Å². The molecule has 2 fully saturated rings. The van der Waals surface area contributed by atoms with Gasteiger partial charge in [-0.3, -0.25) is 4.79 Å². The maximum atomic E-state index is 13.1. The Morgan fingerprint density at radius 2 is 1.29 bits per heavy atom. The van der Waals surface area contributed by atoms with Crippen molar-refractivity contribution < 1.29 is 4.79 Å². The van der Waals surface area contributed by atoms with Crippen LogP contribution in [0.4, 0.5) is 0 Å². The Hall–Kier alpha value is -2.93. The van der Waals surface area contributed by atoms with Crippen molar-refractivity contribution in [2.24, 2.45) is 11.8 Å². The zero-order valence-corrected chi connectivity index (χ0v) is 34.4. The smallest absolute Gasteiger partial charge is 0.135 e. The number of rotatable bonds is 12. The lowest BCUT2D eigenvalue weighted by atomic mass is 9.57. The second kappa shape index (κ2) is 25.1. The molecular formula is C50H76O. The molecule has 2 aliphatic rings. The lowest BCUT2D eigenvalue weighted by Gasteiger charge is -2.47. The van der Waals surface area contributed by atoms with E-state index in [1.165, 1.54) is 104 Å². The molecule has 0 atom stereocenters. The molecule has 0 amide bonds. The van der Waals surface area contributed by atoms with Gasteiger partial charge in [-0.2, -0.15) is 0 Å². The highest BCUT2D eigenvalue weighted by atomic mass is 16.1. The number of carbonyl (C=O) groups is 1. The number of allylic oxidation sites excluding steroid dienone is 1. The Morgan fingerprint density at radius 3 is 1.88 bits per heavy atom. The highest BCUT2D eigenvalue weighted by Crippen LogP contribution is 2.51. The molecule has 0 saturated heterocycles. The predicted octanol–water partition coefficient (Wildman–Crippen LogP) is 14.9. The standard InChI is InChI=1S/C33H46O.C13H18.2C2H6/c1-27-14-13-20-31(26-27)33(30-18-10-3-2-4-11-19-30)24-22-29(23-25-33)32(34)21-12-6-9-17-28-15-7-5-8-16-28;1-5-6-7-13-11(3)8-10(2)9-12(13)4;2*1-2/h5,7-8,13-16,20,26,29-30H,2-4,6,9-12,17-19,21-25H2,1H3;5,8-9H,1,6-7H2,2-4H3;2*1-2H3. The van der Waals surface area contributed by atoms with Gasteiger partial charge in [0.15, 0.2) is 0 Å². The van der Waals surface area contributed by atoms with Gasteiger partial charge in [0.05, 0.1) is 0 Å². The molecule has 2 saturated carbocycles. The second-order valence-corrected chi connectivity index (χ2v) is 15.1. The number of ketones is 1. The summed E-state index contributed by atoms with van der Waals surface area (Å²) < 4.78 is 0. The third-order valence-corrected chi connectivity index (χ3v) is 11.5. The molecule has 0 unspecified atom stereocenters. The van der Waals surface area contributed by atoms with Gasteiger partial charge in [0.1, 0.15) is 5.78 Å². The Labute approximate surface area is 316 Å². The maximum Gasteiger partial charge on any atom is 0.135 e. The SMILES string of the molecule is C=CCCc1c(C)cc(C)cc1C.CC.CC.Cc1cccc(C2(C3CCCCCCC3)CCC(C(=O)CCCCCc3ccccc3)CC2)c1. The average molecular weight is 693 g/mol. The summed E-state index contributed by atoms with van der Waals surface area (Å²) in [6.07, 6.45) is 24.0. The third-order valence-electron chi connectivity index (χ3n) is 11.5. The summed E-state index contributed by atoms with van der Waals surface area (Å²) >= 11 is 0. The van der Waals surface area contributed by atoms with Crippen LogP contribution in [-0.4, -0.2) is 5.78 Å². The molecule has 0 heterocycles. The fourth-order valence-corrected chi connectivity index (χ4v) is 8.86. The second-order valence-electron chi connectivity index (χ2n) is 15.1. The van der Waals surface area contributed by atoms with E-state index in [9.17, 15) is 4.79 Å². The maximum absolute atomic E-state index is 13.1. The third kappa shape index (κ3) is 14.5. The van der Waals surface area contributed by atoms with Gasteiger partial charge >= 0.3 is 0 Å². The van der Waals surface area contributed by atoms with Gasteiger partial charge in [-0.1, -0.05) is 150 Å². The highest BCUT2D eigenvalue weighted by Gasteiger charge is 2.43. The average Bonchev–Trinajstić information content (AvgIpc) is 3.13. The number of hydrogen-bond donors (Lipinski definition) is 0. The zero-order chi connectivity index (χ0) is 37.5. The van der Waals surface area contributed by atoms with E-state index < -0.39 is 0 Å². The minimum absolute atomic E-state index is 0.301. The van der Waals surface area contributed by atoms with Gasteiger partial charge in [0.25, 0.3) is 0 Å². The molecule has 5 rings (SSSR count). The Morgan fingerprint density at radius 1 is 0.686 bits per heavy atom. The van der Waals surface area contributed by atoms with E-state index in [-0.39, 0.29) is 0 Å². The van der Waals surface area contributed by atoms with Gasteiger partial charge in [0, 0.05) is 12.3 Å². The molecule has 1 heteroatoms. The van der Waals surface area contributed by atoms with Crippen LogP contribution < -0.4 is 0 Å². The summed E-state index contributed by atoms with van der Waals surface area (Å²) in [6.45, 7) is 20.5. The van der Waals surface area contributed by atoms with Crippen LogP contribution in [0, 0.1) is 39.5 Å². The summed E-state index contributed by atoms with van der Waals surface area (Å²) in [6, 6.07) is 24.6. The summed E-state index contributed by atoms with van der Waals surface area (Å²) in [5.74, 6) is 1.65. The first-order valence-corrected chi connectivity index (χ1v) is 21.1. The van der Waals surface area contributed by atoms with Crippen molar-refractivity contribution in [2.75, 3.05) is 0 Å². The number of carbonyl (C=O) groups excluding carboxylic acids is 1. The minimum Gasteiger partial charge on any atom is -0.299 e. The largest absolute Gasteiger partial charge is 0.299 e. The van der Waals surface area contributed by atoms with Crippen molar-refractivity contribution in [1.82, 2.24) is 0 Å². The molecule has 51 heavy (non-hydrogen) atoms. The van der Waals surface area contributed by atoms with Crippen molar-refractivity contribution in [3.63, 3.8) is 0 Å². The Balaban J connectivity index is 0.000000444. The molecule has 0 radical (unpaired) electrons. The first kappa shape index (κ1) is 44.2. The lowest BCUT2D eigenvalue weighted by molar-refractivity contribution is -0.124. The van der Waals surface area contributed by atoms with Gasteiger partial charge in [-0.05, 0) is 137 Å². The van der Waals surface area contributed by atoms with E-state index in [1.807, 2.05) is 33.8 Å². The van der Waals surface area contributed by atoms with Crippen LogP contribution in [0.1, 0.15) is 169 Å². The normalized spacial score (nSPS) is 19.0. The van der Waals surface area contributed by atoms with Gasteiger partial charge < -0.3 is 0 Å². The van der Waals surface area contributed by atoms with Crippen molar-refractivity contribution in [2.45, 2.75) is 176 Å². The van der Waals surface area contributed by atoms with E-state index in [0.29, 0.717) is 17.1 Å². The van der Waals surface area contributed by atoms with Crippen LogP contribution in [0.5, 0.6) is 0 Å². The van der Waals surface area contributed by atoms with Crippen molar-refractivity contribution in [1.29, 1.82) is 0 Å². The number of aryl methyl sites for hydroxylation is 5. The number of benzene rings is 3. The molecule has 2 aliphatic carbocycles. The number of hydrogen-bond acceptors (Lipinski definition) is 1. The molecular weight excluding hydrogens is 617 g/mol. The van der Waals surface area contributed by atoms with Crippen LogP contribution in [0.15, 0.2) is 79.4 Å². The molecule has 0 bridgehead atoms. The highest BCUT2D eigenvalue weighted by molar-refractivity contribution is 5.81. The zero-order valence-electron chi connectivity index (χ0n) is 34.4. The van der Waals surface area contributed by atoms with Crippen LogP contribution in [0.3, 0.4) is 0 Å². The van der Waals surface area contributed by atoms with Crippen LogP contribution >= 0.6 is 0 Å². The molecule has 0 aliphatic heterocycles. The molecule has 282 valence electrons. The molecule has 0 spiro atoms. The summed E-state index contributed by atoms with van der Waals surface area (Å²) in [7, 11) is 0. The van der Waals surface area contributed by atoms with E-state index in [0.717, 1.165) is 50.9 Å². The van der Waals surface area contributed by atoms with Crippen LogP contribution in [0.2, 0.25) is 0 Å². The van der Waals surface area contributed by atoms with E-state index in [4.69, 9.17) is 0 Å². The summed E-state index contributed by atoms with van der Waals surface area (Å²) in [5, 5.41) is 0. The minimum atomic E-state index is 0.301. The summed E-state index contributed by atoms with van der Waals surface area (Å²) in [5.41, 5.74) is 10.4. The van der Waals surface area contributed by atoms with Crippen LogP contribution in [-0.2, 0) is 23.1 Å². The van der Waals surface area contributed by atoms with Crippen molar-refractivity contribution in [3.8, 4) is 0 Å². The first-order valence-electron chi connectivity index (χ1n) is 21.1.